The number of allylic oxidation sites excluding steroid dienone is 6. The first-order chi connectivity index (χ1) is 13.5. The lowest BCUT2D eigenvalue weighted by molar-refractivity contribution is 0.249. The van der Waals surface area contributed by atoms with Crippen LogP contribution in [-0.4, -0.2) is 19.3 Å². The smallest absolute Gasteiger partial charge is 0.332 e. The van der Waals surface area contributed by atoms with E-state index in [0.717, 1.165) is 42.5 Å². The van der Waals surface area contributed by atoms with Crippen molar-refractivity contribution in [1.29, 1.82) is 0 Å². The molecule has 0 spiro atoms. The van der Waals surface area contributed by atoms with Gasteiger partial charge in [0.2, 0.25) is 0 Å². The fraction of sp³-hybridized carbons (Fsp3) is 0.391. The summed E-state index contributed by atoms with van der Waals surface area (Å²) in [6.07, 6.45) is 12.9. The number of halogens is 1. The van der Waals surface area contributed by atoms with Crippen molar-refractivity contribution in [3.8, 4) is 0 Å². The van der Waals surface area contributed by atoms with E-state index in [1.807, 2.05) is 38.2 Å². The molecule has 1 rings (SSSR count). The maximum Gasteiger partial charge on any atom is 0.341 e. The predicted molar refractivity (Wildman–Crippen MR) is 121 cm³/mol. The third-order valence-corrected chi connectivity index (χ3v) is 4.60. The number of urea groups is 1. The molecule has 0 heterocycles. The average Bonchev–Trinajstić information content (AvgIpc) is 2.70. The second kappa shape index (κ2) is 13.9. The van der Waals surface area contributed by atoms with Gasteiger partial charge in [-0.1, -0.05) is 67.0 Å². The Morgan fingerprint density at radius 1 is 1.18 bits per heavy atom. The van der Waals surface area contributed by atoms with Crippen LogP contribution in [0.1, 0.15) is 51.2 Å². The molecule has 152 valence electrons. The summed E-state index contributed by atoms with van der Waals surface area (Å²) < 4.78 is 0. The van der Waals surface area contributed by atoms with Crippen molar-refractivity contribution >= 4 is 23.8 Å². The van der Waals surface area contributed by atoms with Gasteiger partial charge in [-0.05, 0) is 56.5 Å². The van der Waals surface area contributed by atoms with E-state index in [1.165, 1.54) is 5.57 Å². The minimum Gasteiger partial charge on any atom is -0.332 e. The van der Waals surface area contributed by atoms with Crippen LogP contribution >= 0.6 is 11.6 Å². The molecule has 0 radical (unpaired) electrons. The Hall–Kier alpha value is -2.17. The molecule has 0 aliphatic carbocycles. The molecule has 28 heavy (non-hydrogen) atoms. The number of nitrogens with one attached hydrogen (secondary N) is 2. The maximum absolute atomic E-state index is 12.1. The van der Waals surface area contributed by atoms with Gasteiger partial charge in [0.05, 0.1) is 0 Å². The largest absolute Gasteiger partial charge is 0.341 e. The summed E-state index contributed by atoms with van der Waals surface area (Å²) in [6.45, 7) is 7.27. The Bertz CT molecular complexity index is 748. The highest BCUT2D eigenvalue weighted by Crippen LogP contribution is 2.17. The van der Waals surface area contributed by atoms with Gasteiger partial charge in [-0.25, -0.2) is 9.79 Å². The molecule has 0 saturated carbocycles. The van der Waals surface area contributed by atoms with Crippen LogP contribution in [0, 0.1) is 0 Å². The number of benzene rings is 1. The minimum atomic E-state index is -0.376. The molecular weight excluding hydrogens is 370 g/mol. The monoisotopic (exact) mass is 401 g/mol. The molecule has 2 N–H and O–H groups in total. The van der Waals surface area contributed by atoms with Gasteiger partial charge in [-0.3, -0.25) is 0 Å². The number of hydrogen-bond acceptors (Lipinski definition) is 2. The van der Waals surface area contributed by atoms with Crippen molar-refractivity contribution in [2.45, 2.75) is 53.1 Å². The third-order valence-electron chi connectivity index (χ3n) is 4.23. The zero-order valence-corrected chi connectivity index (χ0v) is 18.1. The highest BCUT2D eigenvalue weighted by atomic mass is 35.5. The second-order valence-electron chi connectivity index (χ2n) is 6.46. The Kier molecular flexibility index (Phi) is 11.9. The number of carbonyl (C=O) groups excluding carboxylic acids is 1. The van der Waals surface area contributed by atoms with Gasteiger partial charge >= 0.3 is 6.03 Å². The predicted octanol–water partition coefficient (Wildman–Crippen LogP) is 5.98. The van der Waals surface area contributed by atoms with Gasteiger partial charge in [0.25, 0.3) is 0 Å². The Morgan fingerprint density at radius 3 is 2.57 bits per heavy atom. The lowest BCUT2D eigenvalue weighted by atomic mass is 10.1. The number of amides is 2. The summed E-state index contributed by atoms with van der Waals surface area (Å²) in [7, 11) is 1.89. The number of rotatable bonds is 10. The van der Waals surface area contributed by atoms with Crippen molar-refractivity contribution < 1.29 is 4.79 Å². The van der Waals surface area contributed by atoms with E-state index >= 15 is 0 Å². The van der Waals surface area contributed by atoms with E-state index in [-0.39, 0.29) is 6.03 Å². The first kappa shape index (κ1) is 23.9. The van der Waals surface area contributed by atoms with Gasteiger partial charge in [0, 0.05) is 24.3 Å². The summed E-state index contributed by atoms with van der Waals surface area (Å²) in [4.78, 5) is 16.1. The maximum atomic E-state index is 12.1. The number of hydrogen-bond donors (Lipinski definition) is 2. The van der Waals surface area contributed by atoms with Crippen LogP contribution in [0.2, 0.25) is 5.02 Å². The zero-order chi connectivity index (χ0) is 20.8. The minimum absolute atomic E-state index is 0.347. The molecule has 0 aliphatic rings. The molecule has 0 fully saturated rings. The molecule has 4 nitrogen and oxygen atoms in total. The second-order valence-corrected chi connectivity index (χ2v) is 6.86. The van der Waals surface area contributed by atoms with E-state index in [4.69, 9.17) is 11.6 Å². The van der Waals surface area contributed by atoms with Crippen LogP contribution in [0.25, 0.3) is 0 Å². The van der Waals surface area contributed by atoms with Crippen molar-refractivity contribution in [2.75, 3.05) is 7.05 Å². The van der Waals surface area contributed by atoms with Crippen LogP contribution in [0.3, 0.4) is 0 Å². The van der Waals surface area contributed by atoms with Crippen LogP contribution < -0.4 is 10.6 Å². The molecule has 0 atom stereocenters. The summed E-state index contributed by atoms with van der Waals surface area (Å²) in [5.41, 5.74) is 4.31. The molecule has 1 aromatic rings. The molecule has 0 aromatic heterocycles. The van der Waals surface area contributed by atoms with Crippen LogP contribution in [0.4, 0.5) is 4.79 Å². The number of carbonyl (C=O) groups is 1. The van der Waals surface area contributed by atoms with Crippen molar-refractivity contribution in [3.63, 3.8) is 0 Å². The average molecular weight is 402 g/mol. The van der Waals surface area contributed by atoms with Gasteiger partial charge in [-0.2, -0.15) is 0 Å². The Balaban J connectivity index is 2.58. The standard InChI is InChI=1S/C23H32ClN3O/c1-5-9-18(6-2)10-8-11-19(7-3)16-26-23(28)27-17-21-14-20(15-25-4)12-13-22(21)24/h6-8,10,12-14,16,25H,5,9,11,15,17H2,1-4H3,(H,27,28)/b10-8-,18-6-,19-7+,26-16+. The van der Waals surface area contributed by atoms with Crippen LogP contribution in [-0.2, 0) is 13.1 Å². The summed E-state index contributed by atoms with van der Waals surface area (Å²) in [5, 5.41) is 6.53. The lowest BCUT2D eigenvalue weighted by Crippen LogP contribution is -2.19. The topological polar surface area (TPSA) is 53.5 Å². The highest BCUT2D eigenvalue weighted by Gasteiger charge is 2.04. The normalized spacial score (nSPS) is 12.9. The van der Waals surface area contributed by atoms with Crippen LogP contribution in [0.15, 0.2) is 58.6 Å². The fourth-order valence-electron chi connectivity index (χ4n) is 2.64. The molecule has 1 aromatic carbocycles. The number of aliphatic imine (C=N–C) groups is 1. The van der Waals surface area contributed by atoms with E-state index in [1.54, 1.807) is 6.21 Å². The molecule has 5 heteroatoms. The molecule has 2 amide bonds. The van der Waals surface area contributed by atoms with Gasteiger partial charge in [0.1, 0.15) is 0 Å². The van der Waals surface area contributed by atoms with E-state index in [9.17, 15) is 4.79 Å². The van der Waals surface area contributed by atoms with Crippen molar-refractivity contribution in [2.24, 2.45) is 4.99 Å². The molecule has 0 saturated heterocycles. The van der Waals surface area contributed by atoms with Gasteiger partial charge in [-0.15, -0.1) is 0 Å². The van der Waals surface area contributed by atoms with Crippen molar-refractivity contribution in [1.82, 2.24) is 10.6 Å². The molecule has 0 aliphatic heterocycles. The summed E-state index contributed by atoms with van der Waals surface area (Å²) in [5.74, 6) is 0. The summed E-state index contributed by atoms with van der Waals surface area (Å²) in [6, 6.07) is 5.42. The van der Waals surface area contributed by atoms with E-state index in [2.05, 4.69) is 47.7 Å². The third kappa shape index (κ3) is 9.16. The Morgan fingerprint density at radius 2 is 1.93 bits per heavy atom. The van der Waals surface area contributed by atoms with Gasteiger partial charge in [0.15, 0.2) is 0 Å². The Labute approximate surface area is 174 Å². The van der Waals surface area contributed by atoms with Crippen LogP contribution in [0.5, 0.6) is 0 Å². The quantitative estimate of drug-likeness (QED) is 0.374. The van der Waals surface area contributed by atoms with E-state index < -0.39 is 0 Å². The summed E-state index contributed by atoms with van der Waals surface area (Å²) >= 11 is 6.22. The van der Waals surface area contributed by atoms with E-state index in [0.29, 0.717) is 11.6 Å². The fourth-order valence-corrected chi connectivity index (χ4v) is 2.82. The SMILES string of the molecule is C/C=C(\C=C/CC(/C=N/C(=O)NCc1cc(CNC)ccc1Cl)=C\C)CCC. The molecule has 0 unspecified atom stereocenters. The molecule has 0 bridgehead atoms. The highest BCUT2D eigenvalue weighted by molar-refractivity contribution is 6.31. The molecular formula is C23H32ClN3O. The van der Waals surface area contributed by atoms with Crippen molar-refractivity contribution in [3.05, 3.63) is 69.8 Å². The zero-order valence-electron chi connectivity index (χ0n) is 17.4. The lowest BCUT2D eigenvalue weighted by Gasteiger charge is -2.08. The first-order valence-corrected chi connectivity index (χ1v) is 10.1. The van der Waals surface area contributed by atoms with Gasteiger partial charge < -0.3 is 10.6 Å². The number of nitrogens with zero attached hydrogens (tertiary/aromatic N) is 1. The first-order valence-electron chi connectivity index (χ1n) is 9.74.